The van der Waals surface area contributed by atoms with Crippen LogP contribution in [0.5, 0.6) is 0 Å². The molecular formula is C16H30O4. The van der Waals surface area contributed by atoms with E-state index in [2.05, 4.69) is 25.7 Å². The monoisotopic (exact) mass is 286 g/mol. The minimum Gasteiger partial charge on any atom is -0.230 e. The standard InChI is InChI=1S/C16H30O4/c1-12(2)16(8,9)20-18-14(4)11-10-13(3)17-19-15(5,6)7/h12-14H,1-9H3. The molecule has 0 saturated carbocycles. The third-order valence-corrected chi connectivity index (χ3v) is 2.73. The van der Waals surface area contributed by atoms with Gasteiger partial charge in [-0.2, -0.15) is 0 Å². The van der Waals surface area contributed by atoms with Crippen LogP contribution in [0.1, 0.15) is 62.3 Å². The molecule has 2 unspecified atom stereocenters. The molecule has 0 spiro atoms. The van der Waals surface area contributed by atoms with Crippen molar-refractivity contribution in [3.63, 3.8) is 0 Å². The lowest BCUT2D eigenvalue weighted by molar-refractivity contribution is -0.373. The second-order valence-corrected chi connectivity index (χ2v) is 6.80. The summed E-state index contributed by atoms with van der Waals surface area (Å²) in [5.41, 5.74) is -0.685. The van der Waals surface area contributed by atoms with Crippen LogP contribution in [0.25, 0.3) is 0 Å². The van der Waals surface area contributed by atoms with Crippen LogP contribution in [-0.4, -0.2) is 23.4 Å². The van der Waals surface area contributed by atoms with Gasteiger partial charge in [0.1, 0.15) is 5.60 Å². The minimum atomic E-state index is -0.345. The van der Waals surface area contributed by atoms with E-state index in [1.165, 1.54) is 0 Å². The Balaban J connectivity index is 4.15. The maximum atomic E-state index is 5.42. The van der Waals surface area contributed by atoms with Crippen molar-refractivity contribution < 1.29 is 19.6 Å². The van der Waals surface area contributed by atoms with Crippen LogP contribution in [0.15, 0.2) is 0 Å². The molecule has 4 nitrogen and oxygen atoms in total. The lowest BCUT2D eigenvalue weighted by atomic mass is 9.95. The van der Waals surface area contributed by atoms with Crippen molar-refractivity contribution >= 4 is 0 Å². The molecule has 0 aromatic carbocycles. The molecule has 0 rings (SSSR count). The Bertz CT molecular complexity index is 331. The van der Waals surface area contributed by atoms with Gasteiger partial charge in [-0.15, -0.1) is 0 Å². The Morgan fingerprint density at radius 2 is 1.10 bits per heavy atom. The highest BCUT2D eigenvalue weighted by atomic mass is 17.2. The van der Waals surface area contributed by atoms with E-state index in [1.807, 2.05) is 48.5 Å². The molecule has 0 bridgehead atoms. The fraction of sp³-hybridized carbons (Fsp3) is 0.875. The van der Waals surface area contributed by atoms with E-state index < -0.39 is 0 Å². The van der Waals surface area contributed by atoms with Crippen LogP contribution in [0.4, 0.5) is 0 Å². The third kappa shape index (κ3) is 9.33. The quantitative estimate of drug-likeness (QED) is 0.421. The number of hydrogen-bond donors (Lipinski definition) is 0. The normalized spacial score (nSPS) is 15.7. The topological polar surface area (TPSA) is 36.9 Å². The van der Waals surface area contributed by atoms with Gasteiger partial charge in [-0.3, -0.25) is 0 Å². The van der Waals surface area contributed by atoms with Gasteiger partial charge >= 0.3 is 0 Å². The van der Waals surface area contributed by atoms with Gasteiger partial charge < -0.3 is 0 Å². The van der Waals surface area contributed by atoms with Gasteiger partial charge in [0.25, 0.3) is 0 Å². The molecule has 0 amide bonds. The fourth-order valence-electron chi connectivity index (χ4n) is 0.792. The smallest absolute Gasteiger partial charge is 0.150 e. The van der Waals surface area contributed by atoms with Crippen molar-refractivity contribution in [3.05, 3.63) is 0 Å². The molecule has 0 aromatic rings. The zero-order chi connectivity index (χ0) is 16.0. The summed E-state index contributed by atoms with van der Waals surface area (Å²) in [5, 5.41) is 0. The minimum absolute atomic E-state index is 0.321. The van der Waals surface area contributed by atoms with E-state index in [4.69, 9.17) is 19.6 Å². The first-order valence-corrected chi connectivity index (χ1v) is 7.14. The summed E-state index contributed by atoms with van der Waals surface area (Å²) in [6.45, 7) is 17.5. The van der Waals surface area contributed by atoms with Crippen molar-refractivity contribution in [2.75, 3.05) is 0 Å². The van der Waals surface area contributed by atoms with Gasteiger partial charge in [-0.25, -0.2) is 19.6 Å². The maximum Gasteiger partial charge on any atom is 0.150 e. The molecule has 118 valence electrons. The summed E-state index contributed by atoms with van der Waals surface area (Å²) in [7, 11) is 0. The van der Waals surface area contributed by atoms with Crippen LogP contribution in [0, 0.1) is 17.8 Å². The molecule has 4 heteroatoms. The van der Waals surface area contributed by atoms with Crippen LogP contribution in [0.3, 0.4) is 0 Å². The molecule has 0 fully saturated rings. The molecule has 0 aliphatic carbocycles. The highest BCUT2D eigenvalue weighted by Gasteiger charge is 2.25. The van der Waals surface area contributed by atoms with E-state index in [1.54, 1.807) is 0 Å². The van der Waals surface area contributed by atoms with Crippen molar-refractivity contribution in [2.24, 2.45) is 5.92 Å². The molecule has 0 aliphatic rings. The third-order valence-electron chi connectivity index (χ3n) is 2.73. The Kier molecular flexibility index (Phi) is 7.75. The molecule has 0 saturated heterocycles. The van der Waals surface area contributed by atoms with Crippen molar-refractivity contribution in [3.8, 4) is 11.8 Å². The summed E-state index contributed by atoms with van der Waals surface area (Å²) in [6, 6.07) is 0. The van der Waals surface area contributed by atoms with Gasteiger partial charge in [0.05, 0.1) is 5.60 Å². The summed E-state index contributed by atoms with van der Waals surface area (Å²) in [5.74, 6) is 6.20. The van der Waals surface area contributed by atoms with E-state index in [0.717, 1.165) is 0 Å². The second kappa shape index (κ2) is 7.99. The molecule has 0 radical (unpaired) electrons. The van der Waals surface area contributed by atoms with Crippen LogP contribution >= 0.6 is 0 Å². The molecule has 0 heterocycles. The van der Waals surface area contributed by atoms with Crippen molar-refractivity contribution in [1.29, 1.82) is 0 Å². The van der Waals surface area contributed by atoms with Crippen LogP contribution in [-0.2, 0) is 19.6 Å². The first-order chi connectivity index (χ1) is 8.94. The molecule has 2 atom stereocenters. The SMILES string of the molecule is CC(C#CC(C)OOC(C)(C)C(C)C)OOC(C)(C)C. The summed E-state index contributed by atoms with van der Waals surface area (Å²) in [4.78, 5) is 21.1. The summed E-state index contributed by atoms with van der Waals surface area (Å²) < 4.78 is 0. The molecule has 0 aromatic heterocycles. The van der Waals surface area contributed by atoms with Crippen LogP contribution < -0.4 is 0 Å². The average Bonchev–Trinajstić information content (AvgIpc) is 2.30. The predicted octanol–water partition coefficient (Wildman–Crippen LogP) is 3.90. The average molecular weight is 286 g/mol. The highest BCUT2D eigenvalue weighted by Crippen LogP contribution is 2.21. The molecule has 20 heavy (non-hydrogen) atoms. The van der Waals surface area contributed by atoms with Crippen molar-refractivity contribution in [1.82, 2.24) is 0 Å². The predicted molar refractivity (Wildman–Crippen MR) is 79.7 cm³/mol. The molecular weight excluding hydrogens is 256 g/mol. The zero-order valence-electron chi connectivity index (χ0n) is 14.4. The maximum absolute atomic E-state index is 5.42. The van der Waals surface area contributed by atoms with E-state index in [-0.39, 0.29) is 23.4 Å². The zero-order valence-corrected chi connectivity index (χ0v) is 14.4. The Hall–Kier alpha value is -0.600. The summed E-state index contributed by atoms with van der Waals surface area (Å²) in [6.07, 6.45) is -0.646. The fourth-order valence-corrected chi connectivity index (χ4v) is 0.792. The second-order valence-electron chi connectivity index (χ2n) is 6.80. The Labute approximate surface area is 124 Å². The molecule has 0 aliphatic heterocycles. The lowest BCUT2D eigenvalue weighted by Gasteiger charge is -2.28. The van der Waals surface area contributed by atoms with Crippen LogP contribution in [0.2, 0.25) is 0 Å². The summed E-state index contributed by atoms with van der Waals surface area (Å²) >= 11 is 0. The first kappa shape index (κ1) is 19.4. The van der Waals surface area contributed by atoms with Gasteiger partial charge in [0.2, 0.25) is 0 Å². The highest BCUT2D eigenvalue weighted by molar-refractivity contribution is 5.07. The molecule has 0 N–H and O–H groups in total. The van der Waals surface area contributed by atoms with E-state index in [0.29, 0.717) is 5.92 Å². The first-order valence-electron chi connectivity index (χ1n) is 7.14. The van der Waals surface area contributed by atoms with Gasteiger partial charge in [0.15, 0.2) is 12.2 Å². The van der Waals surface area contributed by atoms with Gasteiger partial charge in [-0.1, -0.05) is 25.7 Å². The number of hydrogen-bond acceptors (Lipinski definition) is 4. The van der Waals surface area contributed by atoms with E-state index >= 15 is 0 Å². The lowest BCUT2D eigenvalue weighted by Crippen LogP contribution is -2.32. The number of rotatable bonds is 6. The largest absolute Gasteiger partial charge is 0.230 e. The van der Waals surface area contributed by atoms with Gasteiger partial charge in [0, 0.05) is 0 Å². The Morgan fingerprint density at radius 3 is 1.45 bits per heavy atom. The van der Waals surface area contributed by atoms with Gasteiger partial charge in [-0.05, 0) is 54.4 Å². The van der Waals surface area contributed by atoms with Crippen molar-refractivity contribution in [2.45, 2.75) is 85.7 Å². The Morgan fingerprint density at radius 1 is 0.700 bits per heavy atom. The van der Waals surface area contributed by atoms with E-state index in [9.17, 15) is 0 Å².